The zero-order valence-electron chi connectivity index (χ0n) is 20.6. The van der Waals surface area contributed by atoms with Crippen LogP contribution in [0.3, 0.4) is 0 Å². The molecule has 0 radical (unpaired) electrons. The summed E-state index contributed by atoms with van der Waals surface area (Å²) in [5.74, 6) is -1.35. The van der Waals surface area contributed by atoms with E-state index >= 15 is 0 Å². The molecular weight excluding hydrogens is 554 g/mol. The van der Waals surface area contributed by atoms with Gasteiger partial charge in [-0.3, -0.25) is 13.9 Å². The van der Waals surface area contributed by atoms with E-state index in [0.717, 1.165) is 29.4 Å². The van der Waals surface area contributed by atoms with Crippen LogP contribution in [0.2, 0.25) is 10.0 Å². The molecule has 2 aromatic carbocycles. The van der Waals surface area contributed by atoms with Crippen LogP contribution in [-0.2, 0) is 32.3 Å². The summed E-state index contributed by atoms with van der Waals surface area (Å²) < 4.78 is 65.4. The van der Waals surface area contributed by atoms with Crippen molar-refractivity contribution in [2.75, 3.05) is 17.1 Å². The molecule has 0 saturated carbocycles. The second-order valence-corrected chi connectivity index (χ2v) is 11.3. The normalized spacial score (nSPS) is 13.5. The van der Waals surface area contributed by atoms with Crippen molar-refractivity contribution in [1.29, 1.82) is 0 Å². The molecule has 37 heavy (non-hydrogen) atoms. The lowest BCUT2D eigenvalue weighted by atomic mass is 10.1. The summed E-state index contributed by atoms with van der Waals surface area (Å²) in [6.45, 7) is 3.99. The second kappa shape index (κ2) is 12.4. The van der Waals surface area contributed by atoms with Crippen molar-refractivity contribution in [2.45, 2.75) is 52.0 Å². The number of anilines is 1. The Morgan fingerprint density at radius 3 is 2.14 bits per heavy atom. The average Bonchev–Trinajstić information content (AvgIpc) is 2.80. The molecule has 0 bridgehead atoms. The molecule has 0 aliphatic rings. The highest BCUT2D eigenvalue weighted by Crippen LogP contribution is 2.32. The fourth-order valence-corrected chi connectivity index (χ4v) is 4.71. The molecular formula is C24H28Cl2F3N3O4S. The minimum Gasteiger partial charge on any atom is -0.352 e. The van der Waals surface area contributed by atoms with E-state index in [2.05, 4.69) is 5.32 Å². The largest absolute Gasteiger partial charge is 0.416 e. The average molecular weight is 582 g/mol. The highest BCUT2D eigenvalue weighted by molar-refractivity contribution is 7.92. The Kier molecular flexibility index (Phi) is 10.3. The molecule has 2 aromatic rings. The predicted octanol–water partition coefficient (Wildman–Crippen LogP) is 5.11. The lowest BCUT2D eigenvalue weighted by molar-refractivity contribution is -0.139. The quantitative estimate of drug-likeness (QED) is 0.422. The Morgan fingerprint density at radius 1 is 1.05 bits per heavy atom. The smallest absolute Gasteiger partial charge is 0.352 e. The van der Waals surface area contributed by atoms with E-state index in [-0.39, 0.29) is 28.3 Å². The molecule has 0 spiro atoms. The van der Waals surface area contributed by atoms with Gasteiger partial charge in [-0.05, 0) is 50.6 Å². The van der Waals surface area contributed by atoms with E-state index < -0.39 is 46.2 Å². The van der Waals surface area contributed by atoms with Crippen LogP contribution in [0, 0.1) is 0 Å². The van der Waals surface area contributed by atoms with E-state index in [4.69, 9.17) is 23.2 Å². The maximum Gasteiger partial charge on any atom is 0.416 e. The number of amides is 2. The van der Waals surface area contributed by atoms with Gasteiger partial charge >= 0.3 is 6.18 Å². The highest BCUT2D eigenvalue weighted by Gasteiger charge is 2.34. The number of rotatable bonds is 10. The Morgan fingerprint density at radius 2 is 1.62 bits per heavy atom. The molecule has 2 rings (SSSR count). The maximum absolute atomic E-state index is 13.5. The fourth-order valence-electron chi connectivity index (χ4n) is 3.35. The summed E-state index contributed by atoms with van der Waals surface area (Å²) in [4.78, 5) is 27.5. The van der Waals surface area contributed by atoms with Gasteiger partial charge in [-0.15, -0.1) is 0 Å². The second-order valence-electron chi connectivity index (χ2n) is 8.53. The third kappa shape index (κ3) is 8.24. The summed E-state index contributed by atoms with van der Waals surface area (Å²) in [5.41, 5.74) is -1.10. The first-order valence-electron chi connectivity index (χ1n) is 11.2. The Hall–Kier alpha value is -2.50. The molecule has 204 valence electrons. The van der Waals surface area contributed by atoms with E-state index in [1.165, 1.54) is 6.92 Å². The first-order valence-corrected chi connectivity index (χ1v) is 13.8. The number of sulfonamides is 1. The van der Waals surface area contributed by atoms with Crippen molar-refractivity contribution in [2.24, 2.45) is 0 Å². The molecule has 7 nitrogen and oxygen atoms in total. The molecule has 0 saturated heterocycles. The number of hydrogen-bond donors (Lipinski definition) is 1. The SMILES string of the molecule is CC[C@@H](C)NC(=O)[C@@H](C)N(Cc1c(Cl)cccc1Cl)C(=O)CN(c1cccc(C(F)(F)F)c1)S(C)(=O)=O. The first kappa shape index (κ1) is 30.7. The lowest BCUT2D eigenvalue weighted by Crippen LogP contribution is -2.52. The molecule has 2 amide bonds. The Bertz CT molecular complexity index is 1220. The van der Waals surface area contributed by atoms with Crippen LogP contribution in [0.4, 0.5) is 18.9 Å². The minimum atomic E-state index is -4.72. The molecule has 2 atom stereocenters. The van der Waals surface area contributed by atoms with Gasteiger partial charge in [0.1, 0.15) is 12.6 Å². The third-order valence-electron chi connectivity index (χ3n) is 5.70. The zero-order chi connectivity index (χ0) is 28.1. The number of alkyl halides is 3. The van der Waals surface area contributed by atoms with Crippen LogP contribution in [0.25, 0.3) is 0 Å². The summed E-state index contributed by atoms with van der Waals surface area (Å²) in [7, 11) is -4.20. The van der Waals surface area contributed by atoms with Crippen molar-refractivity contribution < 1.29 is 31.2 Å². The number of carbonyl (C=O) groups is 2. The van der Waals surface area contributed by atoms with Gasteiger partial charge in [0.05, 0.1) is 17.5 Å². The maximum atomic E-state index is 13.5. The van der Waals surface area contributed by atoms with Crippen molar-refractivity contribution in [1.82, 2.24) is 10.2 Å². The number of benzene rings is 2. The van der Waals surface area contributed by atoms with Crippen LogP contribution in [-0.4, -0.2) is 50.0 Å². The summed E-state index contributed by atoms with van der Waals surface area (Å²) in [5, 5.41) is 3.20. The summed E-state index contributed by atoms with van der Waals surface area (Å²) >= 11 is 12.5. The van der Waals surface area contributed by atoms with E-state index in [0.29, 0.717) is 22.4 Å². The molecule has 0 fully saturated rings. The van der Waals surface area contributed by atoms with Gasteiger partial charge in [0.2, 0.25) is 21.8 Å². The number of carbonyl (C=O) groups excluding carboxylic acids is 2. The summed E-state index contributed by atoms with van der Waals surface area (Å²) in [6, 6.07) is 7.02. The van der Waals surface area contributed by atoms with Crippen LogP contribution in [0.1, 0.15) is 38.3 Å². The van der Waals surface area contributed by atoms with E-state index in [1.54, 1.807) is 25.1 Å². The number of nitrogens with one attached hydrogen (secondary N) is 1. The van der Waals surface area contributed by atoms with Gasteiger partial charge in [0.15, 0.2) is 0 Å². The number of nitrogens with zero attached hydrogens (tertiary/aromatic N) is 2. The lowest BCUT2D eigenvalue weighted by Gasteiger charge is -2.32. The highest BCUT2D eigenvalue weighted by atomic mass is 35.5. The number of halogens is 5. The van der Waals surface area contributed by atoms with Gasteiger partial charge in [-0.25, -0.2) is 8.42 Å². The molecule has 0 aromatic heterocycles. The van der Waals surface area contributed by atoms with Crippen LogP contribution in [0.5, 0.6) is 0 Å². The van der Waals surface area contributed by atoms with E-state index in [9.17, 15) is 31.2 Å². The fraction of sp³-hybridized carbons (Fsp3) is 0.417. The van der Waals surface area contributed by atoms with Gasteiger partial charge < -0.3 is 10.2 Å². The van der Waals surface area contributed by atoms with Crippen molar-refractivity contribution in [3.8, 4) is 0 Å². The molecule has 0 aliphatic carbocycles. The molecule has 0 aliphatic heterocycles. The summed E-state index contributed by atoms with van der Waals surface area (Å²) in [6.07, 6.45) is -3.33. The first-order chi connectivity index (χ1) is 17.1. The van der Waals surface area contributed by atoms with Gasteiger partial charge in [-0.2, -0.15) is 13.2 Å². The minimum absolute atomic E-state index is 0.201. The van der Waals surface area contributed by atoms with Crippen LogP contribution < -0.4 is 9.62 Å². The number of hydrogen-bond acceptors (Lipinski definition) is 4. The van der Waals surface area contributed by atoms with Gasteiger partial charge in [0, 0.05) is 28.2 Å². The monoisotopic (exact) mass is 581 g/mol. The van der Waals surface area contributed by atoms with E-state index in [1.807, 2.05) is 6.92 Å². The molecule has 1 N–H and O–H groups in total. The van der Waals surface area contributed by atoms with Crippen LogP contribution in [0.15, 0.2) is 42.5 Å². The Balaban J connectivity index is 2.50. The van der Waals surface area contributed by atoms with Gasteiger partial charge in [-0.1, -0.05) is 42.3 Å². The standard InChI is InChI=1S/C24H28Cl2F3N3O4S/c1-5-15(2)30-23(34)16(3)31(13-19-20(25)10-7-11-21(19)26)22(33)14-32(37(4,35)36)18-9-6-8-17(12-18)24(27,28)29/h6-12,15-16H,5,13-14H2,1-4H3,(H,30,34)/t15-,16-/m1/s1. The van der Waals surface area contributed by atoms with Crippen molar-refractivity contribution >= 4 is 50.7 Å². The van der Waals surface area contributed by atoms with Crippen molar-refractivity contribution in [3.05, 3.63) is 63.6 Å². The Labute approximate surface area is 224 Å². The van der Waals surface area contributed by atoms with Crippen LogP contribution >= 0.6 is 23.2 Å². The van der Waals surface area contributed by atoms with Gasteiger partial charge in [0.25, 0.3) is 0 Å². The van der Waals surface area contributed by atoms with Crippen molar-refractivity contribution in [3.63, 3.8) is 0 Å². The third-order valence-corrected chi connectivity index (χ3v) is 7.55. The zero-order valence-corrected chi connectivity index (χ0v) is 23.0. The topological polar surface area (TPSA) is 86.8 Å². The molecule has 13 heteroatoms. The predicted molar refractivity (Wildman–Crippen MR) is 138 cm³/mol. The molecule has 0 heterocycles. The molecule has 0 unspecified atom stereocenters.